The van der Waals surface area contributed by atoms with Crippen LogP contribution in [0.5, 0.6) is 0 Å². The summed E-state index contributed by atoms with van der Waals surface area (Å²) < 4.78 is 12.1. The minimum Gasteiger partial charge on any atom is -0.448 e. The van der Waals surface area contributed by atoms with Gasteiger partial charge in [-0.25, -0.2) is 37.7 Å². The molecule has 0 aromatic carbocycles. The molecular formula is C29H41N7O12. The summed E-state index contributed by atoms with van der Waals surface area (Å²) in [6.45, 7) is -1.46. The van der Waals surface area contributed by atoms with Crippen LogP contribution in [0.2, 0.25) is 0 Å². The number of hydrogen-bond donors (Lipinski definition) is 3. The third-order valence-electron chi connectivity index (χ3n) is 7.52. The average molecular weight is 680 g/mol. The van der Waals surface area contributed by atoms with Crippen LogP contribution in [-0.2, 0) is 48.3 Å². The van der Waals surface area contributed by atoms with Gasteiger partial charge in [0.2, 0.25) is 11.8 Å². The molecule has 0 radical (unpaired) electrons. The molecule has 1 fully saturated rings. The molecule has 264 valence electrons. The molecule has 0 spiro atoms. The van der Waals surface area contributed by atoms with Crippen LogP contribution < -0.4 is 27.7 Å². The first-order valence-corrected chi connectivity index (χ1v) is 15.8. The Morgan fingerprint density at radius 3 is 1.44 bits per heavy atom. The number of alkyl carbamates (subject to hydrolysis) is 2. The zero-order valence-corrected chi connectivity index (χ0v) is 26.6. The number of imide groups is 2. The maximum Gasteiger partial charge on any atom is 0.407 e. The molecule has 6 amide bonds. The van der Waals surface area contributed by atoms with E-state index in [-0.39, 0.29) is 56.1 Å². The molecule has 0 aliphatic carbocycles. The minimum atomic E-state index is -1.02. The van der Waals surface area contributed by atoms with Crippen LogP contribution in [0.3, 0.4) is 0 Å². The first kappa shape index (κ1) is 37.4. The van der Waals surface area contributed by atoms with Crippen LogP contribution in [0.25, 0.3) is 0 Å². The average Bonchev–Trinajstić information content (AvgIpc) is 3.55. The number of carbonyl (C=O) groups excluding carboxylic acids is 6. The number of aromatic nitrogens is 3. The lowest BCUT2D eigenvalue weighted by molar-refractivity contribution is -0.139. The van der Waals surface area contributed by atoms with Gasteiger partial charge in [-0.05, 0) is 38.5 Å². The second-order valence-electron chi connectivity index (χ2n) is 10.9. The van der Waals surface area contributed by atoms with Crippen molar-refractivity contribution in [2.45, 2.75) is 71.0 Å². The number of nitrogens with zero attached hydrogens (tertiary/aromatic N) is 5. The number of aliphatic hydroxyl groups excluding tert-OH is 1. The number of unbranched alkanes of at least 4 members (excludes halogenated alkanes) is 4. The summed E-state index contributed by atoms with van der Waals surface area (Å²) in [5.74, 6) is -1.07. The van der Waals surface area contributed by atoms with E-state index in [2.05, 4.69) is 10.6 Å². The van der Waals surface area contributed by atoms with Gasteiger partial charge >= 0.3 is 29.3 Å². The first-order chi connectivity index (χ1) is 23.0. The number of likely N-dealkylation sites (tertiary alicyclic amines) is 1. The number of aliphatic hydroxyl groups is 1. The highest BCUT2D eigenvalue weighted by Crippen LogP contribution is 2.12. The fraction of sp³-hybridized carbons (Fsp3) is 0.621. The van der Waals surface area contributed by atoms with Crippen molar-refractivity contribution in [2.24, 2.45) is 0 Å². The van der Waals surface area contributed by atoms with E-state index < -0.39 is 68.7 Å². The van der Waals surface area contributed by atoms with E-state index in [1.165, 1.54) is 17.1 Å². The van der Waals surface area contributed by atoms with Gasteiger partial charge in [0.25, 0.3) is 11.8 Å². The molecule has 3 heterocycles. The topological polar surface area (TPSA) is 238 Å². The van der Waals surface area contributed by atoms with E-state index in [0.29, 0.717) is 58.8 Å². The van der Waals surface area contributed by atoms with E-state index in [1.807, 2.05) is 0 Å². The minimum absolute atomic E-state index is 0.178. The first-order valence-electron chi connectivity index (χ1n) is 15.8. The molecule has 0 bridgehead atoms. The van der Waals surface area contributed by atoms with E-state index >= 15 is 0 Å². The summed E-state index contributed by atoms with van der Waals surface area (Å²) in [5, 5.41) is 14.4. The Morgan fingerprint density at radius 2 is 1.00 bits per heavy atom. The zero-order chi connectivity index (χ0) is 35.1. The van der Waals surface area contributed by atoms with Crippen molar-refractivity contribution in [3.63, 3.8) is 0 Å². The Hall–Kier alpha value is -5.07. The molecule has 2 aliphatic rings. The van der Waals surface area contributed by atoms with Gasteiger partial charge in [0.15, 0.2) is 0 Å². The largest absolute Gasteiger partial charge is 0.448 e. The highest BCUT2D eigenvalue weighted by atomic mass is 16.6. The Balaban J connectivity index is 1.39. The lowest BCUT2D eigenvalue weighted by Crippen LogP contribution is -2.55. The summed E-state index contributed by atoms with van der Waals surface area (Å²) in [4.78, 5) is 111. The summed E-state index contributed by atoms with van der Waals surface area (Å²) in [7, 11) is 0. The number of carbonyl (C=O) groups is 6. The third-order valence-corrected chi connectivity index (χ3v) is 7.52. The summed E-state index contributed by atoms with van der Waals surface area (Å²) >= 11 is 0. The normalized spacial score (nSPS) is 14.3. The molecule has 0 unspecified atom stereocenters. The maximum absolute atomic E-state index is 13.0. The monoisotopic (exact) mass is 679 g/mol. The summed E-state index contributed by atoms with van der Waals surface area (Å²) in [6, 6.07) is 0. The highest BCUT2D eigenvalue weighted by molar-refractivity contribution is 6.12. The van der Waals surface area contributed by atoms with Gasteiger partial charge in [-0.2, -0.15) is 0 Å². The van der Waals surface area contributed by atoms with Crippen molar-refractivity contribution in [3.05, 3.63) is 43.6 Å². The number of nitrogens with one attached hydrogen (secondary N) is 2. The quantitative estimate of drug-likeness (QED) is 0.101. The molecule has 48 heavy (non-hydrogen) atoms. The molecule has 1 saturated heterocycles. The Kier molecular flexibility index (Phi) is 14.7. The summed E-state index contributed by atoms with van der Waals surface area (Å²) in [6.07, 6.45) is 4.80. The smallest absolute Gasteiger partial charge is 0.407 e. The van der Waals surface area contributed by atoms with Crippen molar-refractivity contribution >= 4 is 35.8 Å². The number of hydrogen-bond acceptors (Lipinski definition) is 12. The van der Waals surface area contributed by atoms with Gasteiger partial charge in [0, 0.05) is 51.2 Å². The third kappa shape index (κ3) is 10.7. The second kappa shape index (κ2) is 18.9. The molecule has 3 N–H and O–H groups in total. The van der Waals surface area contributed by atoms with Gasteiger partial charge < -0.3 is 25.2 Å². The Bertz CT molecular complexity index is 1460. The van der Waals surface area contributed by atoms with Crippen LogP contribution in [0.4, 0.5) is 9.59 Å². The van der Waals surface area contributed by atoms with Crippen molar-refractivity contribution < 1.29 is 43.3 Å². The van der Waals surface area contributed by atoms with E-state index in [0.717, 1.165) is 4.90 Å². The maximum atomic E-state index is 13.0. The van der Waals surface area contributed by atoms with Gasteiger partial charge in [0.1, 0.15) is 13.2 Å². The molecule has 0 saturated carbocycles. The van der Waals surface area contributed by atoms with Crippen molar-refractivity contribution in [1.82, 2.24) is 34.1 Å². The SMILES string of the molecule is O=C(NCCCCCN1C(=O)C=CC1=O)OCCn1c(=O)n(CCO)c(=O)n(CCOC(=O)NCCCCCN2C(=O)CCC2=O)c1=O. The van der Waals surface area contributed by atoms with Crippen molar-refractivity contribution in [3.8, 4) is 0 Å². The van der Waals surface area contributed by atoms with Crippen LogP contribution in [0.15, 0.2) is 26.5 Å². The second-order valence-corrected chi connectivity index (χ2v) is 10.9. The molecule has 0 atom stereocenters. The molecule has 19 heteroatoms. The number of rotatable bonds is 20. The van der Waals surface area contributed by atoms with E-state index in [9.17, 15) is 48.3 Å². The van der Waals surface area contributed by atoms with Crippen molar-refractivity contribution in [2.75, 3.05) is 46.0 Å². The predicted octanol–water partition coefficient (Wildman–Crippen LogP) is -1.97. The van der Waals surface area contributed by atoms with Gasteiger partial charge in [-0.3, -0.25) is 29.0 Å². The lowest BCUT2D eigenvalue weighted by Gasteiger charge is -2.14. The van der Waals surface area contributed by atoms with Crippen LogP contribution in [0.1, 0.15) is 51.4 Å². The number of amides is 6. The Labute approximate surface area is 274 Å². The zero-order valence-electron chi connectivity index (χ0n) is 26.6. The van der Waals surface area contributed by atoms with Gasteiger partial charge in [-0.1, -0.05) is 0 Å². The number of ether oxygens (including phenoxy) is 2. The standard InChI is InChI=1S/C29H41N7O12/c37-18-15-34-27(44)35(16-19-47-25(42)30-11-3-1-5-13-32-21(38)7-8-22(32)39)29(46)36(28(34)45)17-20-48-26(43)31-12-4-2-6-14-33-23(40)9-10-24(33)41/h7-8,37H,1-6,9-20H2,(H,30,42)(H,31,43). The molecule has 1 aromatic heterocycles. The molecular weight excluding hydrogens is 638 g/mol. The van der Waals surface area contributed by atoms with Crippen LogP contribution >= 0.6 is 0 Å². The van der Waals surface area contributed by atoms with E-state index in [4.69, 9.17) is 9.47 Å². The predicted molar refractivity (Wildman–Crippen MR) is 165 cm³/mol. The van der Waals surface area contributed by atoms with Gasteiger partial charge in [-0.15, -0.1) is 0 Å². The fourth-order valence-electron chi connectivity index (χ4n) is 4.97. The molecule has 2 aliphatic heterocycles. The summed E-state index contributed by atoms with van der Waals surface area (Å²) in [5.41, 5.74) is -3.04. The fourth-order valence-corrected chi connectivity index (χ4v) is 4.97. The van der Waals surface area contributed by atoms with Crippen molar-refractivity contribution in [1.29, 1.82) is 0 Å². The molecule has 3 rings (SSSR count). The van der Waals surface area contributed by atoms with Gasteiger partial charge in [0.05, 0.1) is 26.2 Å². The van der Waals surface area contributed by atoms with Crippen LogP contribution in [-0.4, -0.2) is 110 Å². The Morgan fingerprint density at radius 1 is 0.583 bits per heavy atom. The van der Waals surface area contributed by atoms with Crippen LogP contribution in [0, 0.1) is 0 Å². The lowest BCUT2D eigenvalue weighted by atomic mass is 10.2. The van der Waals surface area contributed by atoms with E-state index in [1.54, 1.807) is 0 Å². The molecule has 19 nitrogen and oxygen atoms in total. The highest BCUT2D eigenvalue weighted by Gasteiger charge is 2.28. The molecule has 1 aromatic rings.